The first-order chi connectivity index (χ1) is 12.2. The molecule has 1 amide bonds. The van der Waals surface area contributed by atoms with E-state index in [1.165, 1.54) is 4.90 Å². The summed E-state index contributed by atoms with van der Waals surface area (Å²) in [6.07, 6.45) is -2.33. The van der Waals surface area contributed by atoms with Crippen molar-refractivity contribution in [3.63, 3.8) is 0 Å². The third kappa shape index (κ3) is 5.48. The summed E-state index contributed by atoms with van der Waals surface area (Å²) >= 11 is 0. The first-order valence-electron chi connectivity index (χ1n) is 8.58. The Morgan fingerprint density at radius 3 is 2.54 bits per heavy atom. The third-order valence-electron chi connectivity index (χ3n) is 3.93. The van der Waals surface area contributed by atoms with Crippen LogP contribution in [-0.2, 0) is 4.74 Å². The van der Waals surface area contributed by atoms with E-state index in [-0.39, 0.29) is 19.6 Å². The highest BCUT2D eigenvalue weighted by Gasteiger charge is 2.40. The molecule has 8 nitrogen and oxygen atoms in total. The van der Waals surface area contributed by atoms with E-state index in [1.54, 1.807) is 40.0 Å². The number of amides is 1. The normalized spacial score (nSPS) is 23.5. The van der Waals surface area contributed by atoms with Crippen LogP contribution < -0.4 is 14.8 Å². The van der Waals surface area contributed by atoms with Gasteiger partial charge in [-0.3, -0.25) is 0 Å². The number of hydrogen-bond acceptors (Lipinski definition) is 7. The topological polar surface area (TPSA) is 100 Å². The number of hydrogen-bond donors (Lipinski definition) is 3. The smallest absolute Gasteiger partial charge is 0.408 e. The summed E-state index contributed by atoms with van der Waals surface area (Å²) in [6.45, 7) is 5.80. The average molecular weight is 368 g/mol. The fourth-order valence-electron chi connectivity index (χ4n) is 2.76. The maximum Gasteiger partial charge on any atom is 0.408 e. The summed E-state index contributed by atoms with van der Waals surface area (Å²) < 4.78 is 16.1. The lowest BCUT2D eigenvalue weighted by atomic mass is 10.2. The minimum Gasteiger partial charge on any atom is -0.493 e. The molecule has 1 aliphatic heterocycles. The molecule has 0 bridgehead atoms. The number of alkyl carbamates (subject to hydrolysis) is 1. The standard InChI is InChI=1S/C18H28N2O6/c1-18(2,3)26-17(23)19-12-11-15(21)20(16(12)22)9-10-25-14-8-6-5-7-13(14)24-4/h5-8,12,15-16,21-22H,9-11H2,1-4H3,(H,19,23). The van der Waals surface area contributed by atoms with E-state index in [0.717, 1.165) is 0 Å². The summed E-state index contributed by atoms with van der Waals surface area (Å²) in [7, 11) is 1.56. The van der Waals surface area contributed by atoms with E-state index >= 15 is 0 Å². The molecule has 3 unspecified atom stereocenters. The van der Waals surface area contributed by atoms with Gasteiger partial charge in [-0.15, -0.1) is 0 Å². The number of nitrogens with zero attached hydrogens (tertiary/aromatic N) is 1. The lowest BCUT2D eigenvalue weighted by Crippen LogP contribution is -2.47. The van der Waals surface area contributed by atoms with Crippen LogP contribution in [0.4, 0.5) is 4.79 Å². The van der Waals surface area contributed by atoms with Crippen molar-refractivity contribution in [2.24, 2.45) is 0 Å². The van der Waals surface area contributed by atoms with Gasteiger partial charge in [-0.25, -0.2) is 9.69 Å². The highest BCUT2D eigenvalue weighted by atomic mass is 16.6. The fourth-order valence-corrected chi connectivity index (χ4v) is 2.76. The minimum absolute atomic E-state index is 0.203. The van der Waals surface area contributed by atoms with Crippen LogP contribution in [0.15, 0.2) is 24.3 Å². The number of rotatable bonds is 6. The van der Waals surface area contributed by atoms with Gasteiger partial charge in [0.1, 0.15) is 24.7 Å². The van der Waals surface area contributed by atoms with Crippen molar-refractivity contribution in [2.75, 3.05) is 20.3 Å². The summed E-state index contributed by atoms with van der Waals surface area (Å²) in [5, 5.41) is 23.1. The molecule has 1 fully saturated rings. The maximum absolute atomic E-state index is 11.9. The van der Waals surface area contributed by atoms with Gasteiger partial charge in [0.15, 0.2) is 11.5 Å². The Kier molecular flexibility index (Phi) is 6.69. The molecule has 0 radical (unpaired) electrons. The van der Waals surface area contributed by atoms with Gasteiger partial charge in [0, 0.05) is 13.0 Å². The van der Waals surface area contributed by atoms with Gasteiger partial charge < -0.3 is 29.7 Å². The number of likely N-dealkylation sites (tertiary alicyclic amines) is 1. The quantitative estimate of drug-likeness (QED) is 0.696. The highest BCUT2D eigenvalue weighted by Crippen LogP contribution is 2.26. The van der Waals surface area contributed by atoms with Crippen LogP contribution in [0.3, 0.4) is 0 Å². The molecule has 26 heavy (non-hydrogen) atoms. The number of ether oxygens (including phenoxy) is 3. The predicted molar refractivity (Wildman–Crippen MR) is 95.0 cm³/mol. The zero-order valence-corrected chi connectivity index (χ0v) is 15.6. The fraction of sp³-hybridized carbons (Fsp3) is 0.611. The second-order valence-electron chi connectivity index (χ2n) is 7.12. The van der Waals surface area contributed by atoms with Crippen molar-refractivity contribution < 1.29 is 29.2 Å². The number of carbonyl (C=O) groups excluding carboxylic acids is 1. The van der Waals surface area contributed by atoms with Crippen molar-refractivity contribution in [3.05, 3.63) is 24.3 Å². The van der Waals surface area contributed by atoms with Crippen molar-refractivity contribution >= 4 is 6.09 Å². The number of aliphatic hydroxyl groups is 2. The summed E-state index contributed by atoms with van der Waals surface area (Å²) in [6, 6.07) is 6.62. The summed E-state index contributed by atoms with van der Waals surface area (Å²) in [5.74, 6) is 1.20. The monoisotopic (exact) mass is 368 g/mol. The molecule has 1 aromatic carbocycles. The Labute approximate surface area is 153 Å². The Balaban J connectivity index is 1.85. The predicted octanol–water partition coefficient (Wildman–Crippen LogP) is 1.31. The molecule has 2 rings (SSSR count). The zero-order chi connectivity index (χ0) is 19.3. The number of nitrogens with one attached hydrogen (secondary N) is 1. The molecule has 1 aromatic rings. The molecule has 3 atom stereocenters. The van der Waals surface area contributed by atoms with Crippen LogP contribution >= 0.6 is 0 Å². The summed E-state index contributed by atoms with van der Waals surface area (Å²) in [4.78, 5) is 13.3. The lowest BCUT2D eigenvalue weighted by Gasteiger charge is -2.26. The van der Waals surface area contributed by atoms with Crippen molar-refractivity contribution in [3.8, 4) is 11.5 Å². The molecule has 1 heterocycles. The average Bonchev–Trinajstić information content (AvgIpc) is 2.80. The van der Waals surface area contributed by atoms with Gasteiger partial charge in [0.2, 0.25) is 0 Å². The molecule has 0 saturated carbocycles. The Morgan fingerprint density at radius 1 is 1.27 bits per heavy atom. The Hall–Kier alpha value is -2.03. The Bertz CT molecular complexity index is 604. The number of carbonyl (C=O) groups is 1. The molecule has 0 spiro atoms. The van der Waals surface area contributed by atoms with E-state index in [1.807, 2.05) is 12.1 Å². The molecular formula is C18H28N2O6. The molecule has 1 aliphatic rings. The van der Waals surface area contributed by atoms with Gasteiger partial charge in [-0.1, -0.05) is 12.1 Å². The number of benzene rings is 1. The third-order valence-corrected chi connectivity index (χ3v) is 3.93. The second-order valence-corrected chi connectivity index (χ2v) is 7.12. The first-order valence-corrected chi connectivity index (χ1v) is 8.58. The van der Waals surface area contributed by atoms with Crippen LogP contribution in [0.1, 0.15) is 27.2 Å². The van der Waals surface area contributed by atoms with Gasteiger partial charge in [0.25, 0.3) is 0 Å². The molecule has 3 N–H and O–H groups in total. The van der Waals surface area contributed by atoms with Gasteiger partial charge >= 0.3 is 6.09 Å². The van der Waals surface area contributed by atoms with Crippen LogP contribution in [0.2, 0.25) is 0 Å². The van der Waals surface area contributed by atoms with E-state index in [2.05, 4.69) is 5.32 Å². The number of aliphatic hydroxyl groups excluding tert-OH is 2. The summed E-state index contributed by atoms with van der Waals surface area (Å²) in [5.41, 5.74) is -0.630. The SMILES string of the molecule is COc1ccccc1OCCN1C(O)CC(NC(=O)OC(C)(C)C)C1O. The van der Waals surface area contributed by atoms with Gasteiger partial charge in [0.05, 0.1) is 13.2 Å². The van der Waals surface area contributed by atoms with Gasteiger partial charge in [-0.05, 0) is 32.9 Å². The molecule has 8 heteroatoms. The molecule has 0 aliphatic carbocycles. The largest absolute Gasteiger partial charge is 0.493 e. The van der Waals surface area contributed by atoms with Crippen LogP contribution in [0, 0.1) is 0 Å². The molecule has 146 valence electrons. The Morgan fingerprint density at radius 2 is 1.92 bits per heavy atom. The zero-order valence-electron chi connectivity index (χ0n) is 15.6. The highest BCUT2D eigenvalue weighted by molar-refractivity contribution is 5.68. The van der Waals surface area contributed by atoms with Crippen LogP contribution in [-0.4, -0.2) is 65.6 Å². The second kappa shape index (κ2) is 8.57. The van der Waals surface area contributed by atoms with Crippen molar-refractivity contribution in [1.82, 2.24) is 10.2 Å². The van der Waals surface area contributed by atoms with Crippen molar-refractivity contribution in [1.29, 1.82) is 0 Å². The van der Waals surface area contributed by atoms with Crippen LogP contribution in [0.5, 0.6) is 11.5 Å². The molecule has 0 aromatic heterocycles. The van der Waals surface area contributed by atoms with E-state index in [4.69, 9.17) is 14.2 Å². The van der Waals surface area contributed by atoms with E-state index < -0.39 is 30.2 Å². The van der Waals surface area contributed by atoms with E-state index in [9.17, 15) is 15.0 Å². The van der Waals surface area contributed by atoms with Crippen molar-refractivity contribution in [2.45, 2.75) is 51.3 Å². The minimum atomic E-state index is -1.03. The number of methoxy groups -OCH3 is 1. The van der Waals surface area contributed by atoms with Crippen LogP contribution in [0.25, 0.3) is 0 Å². The molecule has 1 saturated heterocycles. The first kappa shape index (κ1) is 20.3. The van der Waals surface area contributed by atoms with E-state index in [0.29, 0.717) is 11.5 Å². The number of para-hydroxylation sites is 2. The van der Waals surface area contributed by atoms with Gasteiger partial charge in [-0.2, -0.15) is 0 Å². The lowest BCUT2D eigenvalue weighted by molar-refractivity contribution is -0.0629. The maximum atomic E-state index is 11.9. The molecular weight excluding hydrogens is 340 g/mol.